The molecule has 0 aliphatic carbocycles. The molecule has 0 amide bonds. The molecule has 0 saturated heterocycles. The maximum atomic E-state index is 5.33. The van der Waals surface area contributed by atoms with Gasteiger partial charge in [-0.15, -0.1) is 0 Å². The zero-order valence-corrected chi connectivity index (χ0v) is 9.64. The molecule has 88 valence electrons. The highest BCUT2D eigenvalue weighted by molar-refractivity contribution is 5.47. The smallest absolute Gasteiger partial charge is 0.145 e. The van der Waals surface area contributed by atoms with Crippen LogP contribution in [0.2, 0.25) is 0 Å². The van der Waals surface area contributed by atoms with Crippen molar-refractivity contribution in [3.8, 4) is 0 Å². The Bertz CT molecular complexity index is 484. The Labute approximate surface area is 100 Å². The highest BCUT2D eigenvalue weighted by Gasteiger charge is 2.00. The Balaban J connectivity index is 2.06. The molecule has 5 heteroatoms. The fraction of sp³-hybridized carbons (Fsp3) is 0.167. The first kappa shape index (κ1) is 11.3. The number of rotatable bonds is 4. The van der Waals surface area contributed by atoms with Crippen molar-refractivity contribution >= 4 is 11.6 Å². The van der Waals surface area contributed by atoms with E-state index in [-0.39, 0.29) is 0 Å². The standard InChI is InChI=1S/C12H15N5/c1-9-15-11(7-12(16-9)17-13)14-8-10-5-3-2-4-6-10/h2-7H,8,13H2,1H3,(H2,14,15,16,17). The number of aromatic nitrogens is 2. The molecular formula is C12H15N5. The van der Waals surface area contributed by atoms with Gasteiger partial charge < -0.3 is 10.7 Å². The second kappa shape index (κ2) is 5.27. The van der Waals surface area contributed by atoms with Crippen LogP contribution in [-0.4, -0.2) is 9.97 Å². The summed E-state index contributed by atoms with van der Waals surface area (Å²) >= 11 is 0. The van der Waals surface area contributed by atoms with Crippen molar-refractivity contribution in [2.75, 3.05) is 10.7 Å². The van der Waals surface area contributed by atoms with Gasteiger partial charge in [0.05, 0.1) is 0 Å². The van der Waals surface area contributed by atoms with Gasteiger partial charge in [0.15, 0.2) is 0 Å². The predicted octanol–water partition coefficient (Wildman–Crippen LogP) is 1.68. The molecule has 0 bridgehead atoms. The fourth-order valence-electron chi connectivity index (χ4n) is 1.52. The summed E-state index contributed by atoms with van der Waals surface area (Å²) in [5.74, 6) is 7.37. The van der Waals surface area contributed by atoms with Crippen LogP contribution < -0.4 is 16.6 Å². The quantitative estimate of drug-likeness (QED) is 0.549. The van der Waals surface area contributed by atoms with Crippen molar-refractivity contribution in [2.24, 2.45) is 5.84 Å². The summed E-state index contributed by atoms with van der Waals surface area (Å²) < 4.78 is 0. The van der Waals surface area contributed by atoms with E-state index in [9.17, 15) is 0 Å². The number of nitrogens with two attached hydrogens (primary N) is 1. The van der Waals surface area contributed by atoms with E-state index in [4.69, 9.17) is 5.84 Å². The number of anilines is 2. The lowest BCUT2D eigenvalue weighted by Crippen LogP contribution is -2.11. The fourth-order valence-corrected chi connectivity index (χ4v) is 1.52. The lowest BCUT2D eigenvalue weighted by molar-refractivity contribution is 1.02. The first-order valence-electron chi connectivity index (χ1n) is 5.38. The molecule has 5 nitrogen and oxygen atoms in total. The monoisotopic (exact) mass is 229 g/mol. The van der Waals surface area contributed by atoms with Gasteiger partial charge in [0.25, 0.3) is 0 Å². The van der Waals surface area contributed by atoms with Gasteiger partial charge in [-0.3, -0.25) is 0 Å². The molecule has 0 fully saturated rings. The molecule has 0 atom stereocenters. The zero-order chi connectivity index (χ0) is 12.1. The van der Waals surface area contributed by atoms with E-state index in [0.717, 1.165) is 12.4 Å². The molecule has 2 rings (SSSR count). The Morgan fingerprint density at radius 1 is 1.12 bits per heavy atom. The van der Waals surface area contributed by atoms with Crippen LogP contribution in [0, 0.1) is 6.92 Å². The number of aryl methyl sites for hydroxylation is 1. The molecule has 1 aromatic heterocycles. The molecule has 0 radical (unpaired) electrons. The third kappa shape index (κ3) is 3.15. The Morgan fingerprint density at radius 2 is 1.82 bits per heavy atom. The number of benzene rings is 1. The molecule has 1 aromatic carbocycles. The van der Waals surface area contributed by atoms with Gasteiger partial charge in [-0.25, -0.2) is 15.8 Å². The van der Waals surface area contributed by atoms with E-state index < -0.39 is 0 Å². The van der Waals surface area contributed by atoms with Gasteiger partial charge in [-0.2, -0.15) is 0 Å². The molecule has 1 heterocycles. The summed E-state index contributed by atoms with van der Waals surface area (Å²) in [6, 6.07) is 11.9. The predicted molar refractivity (Wildman–Crippen MR) is 68.3 cm³/mol. The highest BCUT2D eigenvalue weighted by Crippen LogP contribution is 2.11. The minimum atomic E-state index is 0.605. The molecular weight excluding hydrogens is 214 g/mol. The lowest BCUT2D eigenvalue weighted by atomic mass is 10.2. The number of hydrogen-bond donors (Lipinski definition) is 3. The van der Waals surface area contributed by atoms with Crippen molar-refractivity contribution in [3.05, 3.63) is 47.8 Å². The number of nitrogens with zero attached hydrogens (tertiary/aromatic N) is 2. The topological polar surface area (TPSA) is 75.9 Å². The number of nitrogens with one attached hydrogen (secondary N) is 2. The van der Waals surface area contributed by atoms with Crippen LogP contribution in [-0.2, 0) is 6.54 Å². The van der Waals surface area contributed by atoms with Crippen molar-refractivity contribution in [3.63, 3.8) is 0 Å². The van der Waals surface area contributed by atoms with Crippen LogP contribution in [0.3, 0.4) is 0 Å². The average molecular weight is 229 g/mol. The summed E-state index contributed by atoms with van der Waals surface area (Å²) in [5, 5.41) is 3.23. The minimum Gasteiger partial charge on any atom is -0.366 e. The first-order chi connectivity index (χ1) is 8.28. The lowest BCUT2D eigenvalue weighted by Gasteiger charge is -2.08. The molecule has 17 heavy (non-hydrogen) atoms. The highest BCUT2D eigenvalue weighted by atomic mass is 15.3. The van der Waals surface area contributed by atoms with Crippen LogP contribution in [0.15, 0.2) is 36.4 Å². The second-order valence-electron chi connectivity index (χ2n) is 3.67. The summed E-state index contributed by atoms with van der Waals surface area (Å²) in [7, 11) is 0. The Kier molecular flexibility index (Phi) is 3.52. The third-order valence-electron chi connectivity index (χ3n) is 2.30. The maximum Gasteiger partial charge on any atom is 0.145 e. The van der Waals surface area contributed by atoms with Crippen LogP contribution in [0.5, 0.6) is 0 Å². The molecule has 2 aromatic rings. The van der Waals surface area contributed by atoms with Gasteiger partial charge in [0.2, 0.25) is 0 Å². The SMILES string of the molecule is Cc1nc(NN)cc(NCc2ccccc2)n1. The Hall–Kier alpha value is -2.14. The van der Waals surface area contributed by atoms with Crippen molar-refractivity contribution < 1.29 is 0 Å². The number of hydrazine groups is 1. The van der Waals surface area contributed by atoms with Gasteiger partial charge in [0.1, 0.15) is 17.5 Å². The van der Waals surface area contributed by atoms with E-state index in [1.165, 1.54) is 5.56 Å². The molecule has 0 saturated carbocycles. The zero-order valence-electron chi connectivity index (χ0n) is 9.64. The van der Waals surface area contributed by atoms with E-state index in [2.05, 4.69) is 32.8 Å². The van der Waals surface area contributed by atoms with E-state index in [0.29, 0.717) is 11.6 Å². The van der Waals surface area contributed by atoms with Crippen LogP contribution >= 0.6 is 0 Å². The molecule has 0 aliphatic rings. The molecule has 0 spiro atoms. The molecule has 4 N–H and O–H groups in total. The normalized spacial score (nSPS) is 10.0. The molecule has 0 aliphatic heterocycles. The van der Waals surface area contributed by atoms with Crippen LogP contribution in [0.4, 0.5) is 11.6 Å². The maximum absolute atomic E-state index is 5.33. The summed E-state index contributed by atoms with van der Waals surface area (Å²) in [6.45, 7) is 2.55. The first-order valence-corrected chi connectivity index (χ1v) is 5.38. The van der Waals surface area contributed by atoms with Gasteiger partial charge in [-0.1, -0.05) is 30.3 Å². The average Bonchev–Trinajstić information content (AvgIpc) is 2.37. The molecule has 0 unspecified atom stereocenters. The summed E-state index contributed by atoms with van der Waals surface area (Å²) in [6.07, 6.45) is 0. The van der Waals surface area contributed by atoms with Crippen LogP contribution in [0.25, 0.3) is 0 Å². The van der Waals surface area contributed by atoms with E-state index in [1.54, 1.807) is 6.07 Å². The van der Waals surface area contributed by atoms with Gasteiger partial charge >= 0.3 is 0 Å². The minimum absolute atomic E-state index is 0.605. The van der Waals surface area contributed by atoms with Gasteiger partial charge in [0, 0.05) is 12.6 Å². The Morgan fingerprint density at radius 3 is 2.53 bits per heavy atom. The summed E-state index contributed by atoms with van der Waals surface area (Å²) in [4.78, 5) is 8.40. The van der Waals surface area contributed by atoms with E-state index in [1.807, 2.05) is 25.1 Å². The number of hydrogen-bond acceptors (Lipinski definition) is 5. The second-order valence-corrected chi connectivity index (χ2v) is 3.67. The van der Waals surface area contributed by atoms with Crippen molar-refractivity contribution in [1.82, 2.24) is 9.97 Å². The number of nitrogen functional groups attached to an aromatic ring is 1. The summed E-state index contributed by atoms with van der Waals surface area (Å²) in [5.41, 5.74) is 3.72. The van der Waals surface area contributed by atoms with E-state index >= 15 is 0 Å². The largest absolute Gasteiger partial charge is 0.366 e. The third-order valence-corrected chi connectivity index (χ3v) is 2.30. The van der Waals surface area contributed by atoms with Gasteiger partial charge in [-0.05, 0) is 12.5 Å². The van der Waals surface area contributed by atoms with Crippen molar-refractivity contribution in [2.45, 2.75) is 13.5 Å². The van der Waals surface area contributed by atoms with Crippen LogP contribution in [0.1, 0.15) is 11.4 Å². The van der Waals surface area contributed by atoms with Crippen molar-refractivity contribution in [1.29, 1.82) is 0 Å².